The lowest BCUT2D eigenvalue weighted by Gasteiger charge is -2.42. The second-order valence-electron chi connectivity index (χ2n) is 6.71. The van der Waals surface area contributed by atoms with Crippen LogP contribution < -0.4 is 10.1 Å². The first-order valence-corrected chi connectivity index (χ1v) is 10.5. The Bertz CT molecular complexity index is 755. The van der Waals surface area contributed by atoms with Crippen LogP contribution in [0.1, 0.15) is 17.2 Å². The van der Waals surface area contributed by atoms with Crippen LogP contribution in [0, 0.1) is 0 Å². The number of hydrogen-bond acceptors (Lipinski definition) is 4. The summed E-state index contributed by atoms with van der Waals surface area (Å²) in [6, 6.07) is 14.8. The summed E-state index contributed by atoms with van der Waals surface area (Å²) in [5.41, 5.74) is 2.38. The van der Waals surface area contributed by atoms with Crippen molar-refractivity contribution >= 4 is 56.7 Å². The summed E-state index contributed by atoms with van der Waals surface area (Å²) in [7, 11) is 0. The Morgan fingerprint density at radius 2 is 1.71 bits per heavy atom. The van der Waals surface area contributed by atoms with Gasteiger partial charge in [0.05, 0.1) is 12.6 Å². The van der Waals surface area contributed by atoms with Gasteiger partial charge in [0, 0.05) is 40.7 Å². The van der Waals surface area contributed by atoms with Crippen LogP contribution in [0.5, 0.6) is 5.75 Å². The number of para-hydroxylation sites is 1. The summed E-state index contributed by atoms with van der Waals surface area (Å²) in [6.45, 7) is 5.25. The van der Waals surface area contributed by atoms with Gasteiger partial charge in [-0.15, -0.1) is 24.8 Å². The van der Waals surface area contributed by atoms with E-state index in [2.05, 4.69) is 72.4 Å². The molecule has 0 saturated carbocycles. The Kier molecular flexibility index (Phi) is 9.54. The minimum absolute atomic E-state index is 0. The van der Waals surface area contributed by atoms with E-state index in [0.717, 1.165) is 46.4 Å². The molecule has 4 nitrogen and oxygen atoms in total. The molecule has 0 radical (unpaired) electrons. The molecule has 0 aliphatic carbocycles. The van der Waals surface area contributed by atoms with Gasteiger partial charge in [0.1, 0.15) is 18.5 Å². The van der Waals surface area contributed by atoms with Crippen molar-refractivity contribution in [3.63, 3.8) is 0 Å². The Labute approximate surface area is 195 Å². The standard InChI is InChI=1S/C20H22Br2N2O2.2ClH/c21-15-9-14(10-16(22)11-15)12-25-19-13-26-18-4-2-1-3-17(18)20(19)24-7-5-23-6-8-24;;/h1-4,9-11,19-20,23H,5-8,12-13H2;2*1H/t19-,20-;;/m1../s1. The number of hydrogen-bond donors (Lipinski definition) is 1. The van der Waals surface area contributed by atoms with E-state index in [-0.39, 0.29) is 37.0 Å². The van der Waals surface area contributed by atoms with Gasteiger partial charge in [-0.1, -0.05) is 50.1 Å². The molecule has 2 aromatic rings. The fraction of sp³-hybridized carbons (Fsp3) is 0.400. The maximum Gasteiger partial charge on any atom is 0.124 e. The maximum absolute atomic E-state index is 6.37. The van der Waals surface area contributed by atoms with Gasteiger partial charge in [0.15, 0.2) is 0 Å². The van der Waals surface area contributed by atoms with Crippen LogP contribution in [0.25, 0.3) is 0 Å². The third-order valence-electron chi connectivity index (χ3n) is 4.92. The van der Waals surface area contributed by atoms with Crippen LogP contribution in [0.15, 0.2) is 51.4 Å². The molecule has 8 heteroatoms. The lowest BCUT2D eigenvalue weighted by Crippen LogP contribution is -2.51. The number of nitrogens with zero attached hydrogens (tertiary/aromatic N) is 1. The largest absolute Gasteiger partial charge is 0.490 e. The summed E-state index contributed by atoms with van der Waals surface area (Å²) >= 11 is 7.10. The van der Waals surface area contributed by atoms with Crippen molar-refractivity contribution in [1.29, 1.82) is 0 Å². The van der Waals surface area contributed by atoms with Crippen molar-refractivity contribution in [3.8, 4) is 5.75 Å². The minimum Gasteiger partial charge on any atom is -0.490 e. The number of piperazine rings is 1. The second-order valence-corrected chi connectivity index (χ2v) is 8.54. The van der Waals surface area contributed by atoms with E-state index in [4.69, 9.17) is 9.47 Å². The molecule has 4 rings (SSSR count). The first-order chi connectivity index (χ1) is 12.7. The number of fused-ring (bicyclic) bond motifs is 1. The number of benzene rings is 2. The van der Waals surface area contributed by atoms with Gasteiger partial charge in [0.25, 0.3) is 0 Å². The minimum atomic E-state index is 0. The predicted molar refractivity (Wildman–Crippen MR) is 124 cm³/mol. The summed E-state index contributed by atoms with van der Waals surface area (Å²) in [6.07, 6.45) is 0.0146. The van der Waals surface area contributed by atoms with Crippen molar-refractivity contribution in [1.82, 2.24) is 10.2 Å². The highest BCUT2D eigenvalue weighted by molar-refractivity contribution is 9.11. The van der Waals surface area contributed by atoms with Gasteiger partial charge in [-0.2, -0.15) is 0 Å². The SMILES string of the molecule is Brc1cc(Br)cc(CO[C@@H]2COc3ccccc3[C@H]2N2CCNCC2)c1.Cl.Cl. The number of nitrogens with one attached hydrogen (secondary N) is 1. The number of rotatable bonds is 4. The van der Waals surface area contributed by atoms with Crippen LogP contribution in [0.4, 0.5) is 0 Å². The Morgan fingerprint density at radius 3 is 2.43 bits per heavy atom. The second kappa shape index (κ2) is 11.2. The molecular weight excluding hydrogens is 531 g/mol. The summed E-state index contributed by atoms with van der Waals surface area (Å²) < 4.78 is 14.5. The predicted octanol–water partition coefficient (Wildman–Crippen LogP) is 4.98. The monoisotopic (exact) mass is 552 g/mol. The van der Waals surface area contributed by atoms with Crippen molar-refractivity contribution < 1.29 is 9.47 Å². The Hall–Kier alpha value is -0.340. The molecule has 2 atom stereocenters. The molecule has 0 amide bonds. The molecule has 2 aliphatic rings. The van der Waals surface area contributed by atoms with Crippen LogP contribution in [-0.4, -0.2) is 43.8 Å². The molecule has 28 heavy (non-hydrogen) atoms. The van der Waals surface area contributed by atoms with Gasteiger partial charge in [0.2, 0.25) is 0 Å². The van der Waals surface area contributed by atoms with Crippen molar-refractivity contribution in [2.24, 2.45) is 0 Å². The number of halogens is 4. The molecule has 2 heterocycles. The lowest BCUT2D eigenvalue weighted by molar-refractivity contribution is -0.0617. The van der Waals surface area contributed by atoms with Crippen molar-refractivity contribution in [2.75, 3.05) is 32.8 Å². The highest BCUT2D eigenvalue weighted by Gasteiger charge is 2.36. The lowest BCUT2D eigenvalue weighted by atomic mass is 9.95. The third-order valence-corrected chi connectivity index (χ3v) is 5.84. The van der Waals surface area contributed by atoms with E-state index in [1.54, 1.807) is 0 Å². The van der Waals surface area contributed by atoms with Crippen LogP contribution in [0.2, 0.25) is 0 Å². The van der Waals surface area contributed by atoms with Crippen LogP contribution in [-0.2, 0) is 11.3 Å². The Morgan fingerprint density at radius 1 is 1.04 bits per heavy atom. The van der Waals surface area contributed by atoms with Gasteiger partial charge in [-0.3, -0.25) is 4.90 Å². The van der Waals surface area contributed by atoms with E-state index in [0.29, 0.717) is 13.2 Å². The molecule has 0 unspecified atom stereocenters. The van der Waals surface area contributed by atoms with Crippen LogP contribution in [0.3, 0.4) is 0 Å². The fourth-order valence-corrected chi connectivity index (χ4v) is 5.14. The van der Waals surface area contributed by atoms with Crippen molar-refractivity contribution in [2.45, 2.75) is 18.8 Å². The van der Waals surface area contributed by atoms with Gasteiger partial charge < -0.3 is 14.8 Å². The molecule has 0 aromatic heterocycles. The smallest absolute Gasteiger partial charge is 0.124 e. The van der Waals surface area contributed by atoms with E-state index < -0.39 is 0 Å². The van der Waals surface area contributed by atoms with E-state index in [1.807, 2.05) is 12.1 Å². The Balaban J connectivity index is 0.00000140. The molecule has 2 aliphatic heterocycles. The van der Waals surface area contributed by atoms with Gasteiger partial charge >= 0.3 is 0 Å². The molecule has 2 aromatic carbocycles. The molecule has 1 N–H and O–H groups in total. The molecule has 0 spiro atoms. The van der Waals surface area contributed by atoms with E-state index in [1.165, 1.54) is 5.56 Å². The first kappa shape index (κ1) is 23.9. The highest BCUT2D eigenvalue weighted by Crippen LogP contribution is 2.37. The molecule has 154 valence electrons. The average molecular weight is 555 g/mol. The quantitative estimate of drug-likeness (QED) is 0.578. The summed E-state index contributed by atoms with van der Waals surface area (Å²) in [5, 5.41) is 3.44. The van der Waals surface area contributed by atoms with E-state index in [9.17, 15) is 0 Å². The third kappa shape index (κ3) is 5.63. The summed E-state index contributed by atoms with van der Waals surface area (Å²) in [4.78, 5) is 2.53. The maximum atomic E-state index is 6.37. The normalized spacial score (nSPS) is 21.6. The summed E-state index contributed by atoms with van der Waals surface area (Å²) in [5.74, 6) is 0.987. The topological polar surface area (TPSA) is 33.7 Å². The number of ether oxygens (including phenoxy) is 2. The molecular formula is C20H24Br2Cl2N2O2. The van der Waals surface area contributed by atoms with Crippen molar-refractivity contribution in [3.05, 3.63) is 62.5 Å². The molecule has 1 fully saturated rings. The zero-order valence-electron chi connectivity index (χ0n) is 15.3. The fourth-order valence-electron chi connectivity index (χ4n) is 3.75. The molecule has 0 bridgehead atoms. The van der Waals surface area contributed by atoms with E-state index >= 15 is 0 Å². The average Bonchev–Trinajstić information content (AvgIpc) is 2.66. The van der Waals surface area contributed by atoms with Gasteiger partial charge in [-0.25, -0.2) is 0 Å². The first-order valence-electron chi connectivity index (χ1n) is 8.94. The molecule has 1 saturated heterocycles. The van der Waals surface area contributed by atoms with Crippen LogP contribution >= 0.6 is 56.7 Å². The zero-order chi connectivity index (χ0) is 17.9. The zero-order valence-corrected chi connectivity index (χ0v) is 20.1. The van der Waals surface area contributed by atoms with Gasteiger partial charge in [-0.05, 0) is 29.8 Å². The highest BCUT2D eigenvalue weighted by atomic mass is 79.9.